The molecule has 0 fully saturated rings. The molecule has 0 amide bonds. The van der Waals surface area contributed by atoms with Gasteiger partial charge in [0.25, 0.3) is 0 Å². The predicted octanol–water partition coefficient (Wildman–Crippen LogP) is 4.69. The van der Waals surface area contributed by atoms with Crippen molar-refractivity contribution >= 4 is 27.5 Å². The van der Waals surface area contributed by atoms with Crippen molar-refractivity contribution in [1.82, 2.24) is 5.32 Å². The highest BCUT2D eigenvalue weighted by Crippen LogP contribution is 2.32. The smallest absolute Gasteiger partial charge is 0.129 e. The van der Waals surface area contributed by atoms with Crippen LogP contribution in [-0.2, 0) is 0 Å². The minimum atomic E-state index is -0.591. The molecule has 0 saturated carbocycles. The molecule has 0 heterocycles. The summed E-state index contributed by atoms with van der Waals surface area (Å²) in [5.41, 5.74) is 0.683. The first-order valence-corrected chi connectivity index (χ1v) is 6.77. The average molecular weight is 347 g/mol. The fourth-order valence-electron chi connectivity index (χ4n) is 1.95. The summed E-state index contributed by atoms with van der Waals surface area (Å²) >= 11 is 9.13. The molecule has 2 rings (SSSR count). The van der Waals surface area contributed by atoms with Crippen molar-refractivity contribution in [1.29, 1.82) is 0 Å². The summed E-state index contributed by atoms with van der Waals surface area (Å²) in [5.74, 6) is -0.834. The molecule has 1 atom stereocenters. The van der Waals surface area contributed by atoms with Crippen LogP contribution in [0, 0.1) is 11.6 Å². The van der Waals surface area contributed by atoms with Crippen LogP contribution in [0.3, 0.4) is 0 Å². The van der Waals surface area contributed by atoms with Gasteiger partial charge in [0, 0.05) is 15.6 Å². The van der Waals surface area contributed by atoms with E-state index in [1.165, 1.54) is 18.2 Å². The van der Waals surface area contributed by atoms with E-state index in [0.717, 1.165) is 0 Å². The van der Waals surface area contributed by atoms with Gasteiger partial charge in [0.05, 0.1) is 11.1 Å². The average Bonchev–Trinajstić information content (AvgIpc) is 2.38. The first kappa shape index (κ1) is 14.4. The van der Waals surface area contributed by atoms with Gasteiger partial charge in [-0.1, -0.05) is 29.8 Å². The third kappa shape index (κ3) is 2.96. The number of hydrogen-bond acceptors (Lipinski definition) is 1. The molecule has 0 radical (unpaired) electrons. The van der Waals surface area contributed by atoms with E-state index < -0.39 is 11.9 Å². The molecule has 5 heteroatoms. The Hall–Kier alpha value is -0.970. The van der Waals surface area contributed by atoms with Gasteiger partial charge < -0.3 is 5.32 Å². The zero-order valence-electron chi connectivity index (χ0n) is 10.1. The number of benzene rings is 2. The van der Waals surface area contributed by atoms with Gasteiger partial charge in [-0.05, 0) is 41.2 Å². The minimum absolute atomic E-state index is 0.306. The lowest BCUT2D eigenvalue weighted by atomic mass is 9.98. The summed E-state index contributed by atoms with van der Waals surface area (Å²) in [6.45, 7) is 0. The Balaban J connectivity index is 2.55. The summed E-state index contributed by atoms with van der Waals surface area (Å²) < 4.78 is 28.3. The van der Waals surface area contributed by atoms with Gasteiger partial charge in [0.2, 0.25) is 0 Å². The maximum atomic E-state index is 14.0. The maximum Gasteiger partial charge on any atom is 0.129 e. The van der Waals surface area contributed by atoms with E-state index in [4.69, 9.17) is 11.6 Å². The SMILES string of the molecule is CNC(c1ccccc1F)c1cc(Cl)c(Br)cc1F. The van der Waals surface area contributed by atoms with Crippen molar-refractivity contribution < 1.29 is 8.78 Å². The molecular formula is C14H11BrClF2N. The molecule has 0 aliphatic heterocycles. The molecule has 1 nitrogen and oxygen atoms in total. The molecular weight excluding hydrogens is 336 g/mol. The van der Waals surface area contributed by atoms with Gasteiger partial charge in [-0.2, -0.15) is 0 Å². The Labute approximate surface area is 123 Å². The quantitative estimate of drug-likeness (QED) is 0.795. The predicted molar refractivity (Wildman–Crippen MR) is 76.4 cm³/mol. The van der Waals surface area contributed by atoms with Gasteiger partial charge in [0.1, 0.15) is 11.6 Å². The zero-order chi connectivity index (χ0) is 14.0. The lowest BCUT2D eigenvalue weighted by Gasteiger charge is -2.19. The molecule has 0 aliphatic rings. The topological polar surface area (TPSA) is 12.0 Å². The van der Waals surface area contributed by atoms with Gasteiger partial charge in [-0.25, -0.2) is 8.78 Å². The van der Waals surface area contributed by atoms with Crippen LogP contribution in [0.5, 0.6) is 0 Å². The van der Waals surface area contributed by atoms with Gasteiger partial charge in [-0.3, -0.25) is 0 Å². The van der Waals surface area contributed by atoms with Crippen LogP contribution in [0.4, 0.5) is 8.78 Å². The summed E-state index contributed by atoms with van der Waals surface area (Å²) in [6, 6.07) is 8.45. The van der Waals surface area contributed by atoms with E-state index >= 15 is 0 Å². The van der Waals surface area contributed by atoms with Crippen molar-refractivity contribution in [3.05, 3.63) is 68.7 Å². The second-order valence-electron chi connectivity index (χ2n) is 4.03. The summed E-state index contributed by atoms with van der Waals surface area (Å²) in [5, 5.41) is 3.29. The first-order chi connectivity index (χ1) is 9.04. The maximum absolute atomic E-state index is 14.0. The van der Waals surface area contributed by atoms with E-state index in [1.807, 2.05) is 0 Å². The van der Waals surface area contributed by atoms with Crippen molar-refractivity contribution in [3.63, 3.8) is 0 Å². The number of nitrogens with one attached hydrogen (secondary N) is 1. The molecule has 0 bridgehead atoms. The molecule has 0 saturated heterocycles. The Morgan fingerprint density at radius 2 is 1.79 bits per heavy atom. The summed E-state index contributed by atoms with van der Waals surface area (Å²) in [7, 11) is 1.65. The van der Waals surface area contributed by atoms with E-state index in [1.54, 1.807) is 25.2 Å². The molecule has 0 spiro atoms. The normalized spacial score (nSPS) is 12.5. The Kier molecular flexibility index (Phi) is 4.55. The number of halogens is 4. The summed E-state index contributed by atoms with van der Waals surface area (Å²) in [6.07, 6.45) is 0. The molecule has 0 aromatic heterocycles. The molecule has 19 heavy (non-hydrogen) atoms. The first-order valence-electron chi connectivity index (χ1n) is 5.60. The van der Waals surface area contributed by atoms with Crippen LogP contribution in [0.2, 0.25) is 5.02 Å². The monoisotopic (exact) mass is 345 g/mol. The van der Waals surface area contributed by atoms with E-state index in [2.05, 4.69) is 21.2 Å². The second kappa shape index (κ2) is 5.99. The van der Waals surface area contributed by atoms with E-state index in [0.29, 0.717) is 20.6 Å². The van der Waals surface area contributed by atoms with E-state index in [-0.39, 0.29) is 5.82 Å². The Morgan fingerprint density at radius 1 is 1.11 bits per heavy atom. The largest absolute Gasteiger partial charge is 0.309 e. The lowest BCUT2D eigenvalue weighted by molar-refractivity contribution is 0.546. The van der Waals surface area contributed by atoms with Crippen LogP contribution in [0.25, 0.3) is 0 Å². The van der Waals surface area contributed by atoms with Crippen LogP contribution >= 0.6 is 27.5 Å². The van der Waals surface area contributed by atoms with Crippen LogP contribution in [-0.4, -0.2) is 7.05 Å². The van der Waals surface area contributed by atoms with Crippen molar-refractivity contribution in [2.45, 2.75) is 6.04 Å². The number of hydrogen-bond donors (Lipinski definition) is 1. The van der Waals surface area contributed by atoms with Gasteiger partial charge in [-0.15, -0.1) is 0 Å². The molecule has 1 unspecified atom stereocenters. The van der Waals surface area contributed by atoms with Crippen molar-refractivity contribution in [2.24, 2.45) is 0 Å². The minimum Gasteiger partial charge on any atom is -0.309 e. The molecule has 100 valence electrons. The molecule has 0 aliphatic carbocycles. The van der Waals surface area contributed by atoms with Crippen LogP contribution in [0.15, 0.2) is 40.9 Å². The highest BCUT2D eigenvalue weighted by atomic mass is 79.9. The summed E-state index contributed by atoms with van der Waals surface area (Å²) in [4.78, 5) is 0. The Morgan fingerprint density at radius 3 is 2.42 bits per heavy atom. The zero-order valence-corrected chi connectivity index (χ0v) is 12.4. The molecule has 2 aromatic carbocycles. The Bertz CT molecular complexity index is 604. The fourth-order valence-corrected chi connectivity index (χ4v) is 2.43. The third-order valence-electron chi connectivity index (χ3n) is 2.86. The standard InChI is InChI=1S/C14H11BrClF2N/c1-19-14(8-4-2-3-5-12(8)17)9-6-11(16)10(15)7-13(9)18/h2-7,14,19H,1H3. The number of rotatable bonds is 3. The van der Waals surface area contributed by atoms with Gasteiger partial charge in [0.15, 0.2) is 0 Å². The highest BCUT2D eigenvalue weighted by Gasteiger charge is 2.20. The van der Waals surface area contributed by atoms with E-state index in [9.17, 15) is 8.78 Å². The van der Waals surface area contributed by atoms with Crippen molar-refractivity contribution in [2.75, 3.05) is 7.05 Å². The highest BCUT2D eigenvalue weighted by molar-refractivity contribution is 9.10. The third-order valence-corrected chi connectivity index (χ3v) is 4.05. The second-order valence-corrected chi connectivity index (χ2v) is 5.29. The van der Waals surface area contributed by atoms with Gasteiger partial charge >= 0.3 is 0 Å². The van der Waals surface area contributed by atoms with Crippen LogP contribution < -0.4 is 5.32 Å². The van der Waals surface area contributed by atoms with Crippen LogP contribution in [0.1, 0.15) is 17.2 Å². The lowest BCUT2D eigenvalue weighted by Crippen LogP contribution is -2.20. The molecule has 1 N–H and O–H groups in total. The van der Waals surface area contributed by atoms with Crippen molar-refractivity contribution in [3.8, 4) is 0 Å². The fraction of sp³-hybridized carbons (Fsp3) is 0.143. The molecule has 2 aromatic rings.